The summed E-state index contributed by atoms with van der Waals surface area (Å²) in [6, 6.07) is 15.1. The molecule has 1 fully saturated rings. The summed E-state index contributed by atoms with van der Waals surface area (Å²) < 4.78 is 10.6. The normalized spacial score (nSPS) is 17.8. The van der Waals surface area contributed by atoms with E-state index < -0.39 is 17.7 Å². The largest absolute Gasteiger partial charge is 0.507 e. The van der Waals surface area contributed by atoms with Gasteiger partial charge in [-0.3, -0.25) is 14.5 Å². The van der Waals surface area contributed by atoms with Crippen LogP contribution in [-0.2, 0) is 9.59 Å². The fourth-order valence-electron chi connectivity index (χ4n) is 3.74. The van der Waals surface area contributed by atoms with Crippen molar-refractivity contribution in [2.24, 2.45) is 0 Å². The van der Waals surface area contributed by atoms with Crippen molar-refractivity contribution in [1.29, 1.82) is 0 Å². The highest BCUT2D eigenvalue weighted by atomic mass is 32.1. The van der Waals surface area contributed by atoms with E-state index in [1.54, 1.807) is 42.5 Å². The third-order valence-corrected chi connectivity index (χ3v) is 6.36. The number of methoxy groups -OCH3 is 2. The zero-order valence-corrected chi connectivity index (χ0v) is 18.1. The number of hydrogen-bond donors (Lipinski definition) is 1. The van der Waals surface area contributed by atoms with E-state index in [-0.39, 0.29) is 11.3 Å². The van der Waals surface area contributed by atoms with Crippen LogP contribution in [0.1, 0.15) is 22.0 Å². The number of aliphatic hydroxyl groups excluding tert-OH is 1. The predicted molar refractivity (Wildman–Crippen MR) is 120 cm³/mol. The van der Waals surface area contributed by atoms with Gasteiger partial charge in [-0.05, 0) is 48.2 Å². The Labute approximate surface area is 184 Å². The van der Waals surface area contributed by atoms with Gasteiger partial charge < -0.3 is 14.6 Å². The summed E-state index contributed by atoms with van der Waals surface area (Å²) in [5.41, 5.74) is 1.87. The molecule has 1 N–H and O–H groups in total. The van der Waals surface area contributed by atoms with Gasteiger partial charge in [-0.25, -0.2) is 0 Å². The smallest absolute Gasteiger partial charge is 0.300 e. The third-order valence-electron chi connectivity index (χ3n) is 5.29. The van der Waals surface area contributed by atoms with E-state index in [0.717, 1.165) is 10.4 Å². The Morgan fingerprint density at radius 3 is 2.39 bits per heavy atom. The fraction of sp³-hybridized carbons (Fsp3) is 0.167. The number of carbonyl (C=O) groups excluding carboxylic acids is 2. The quantitative estimate of drug-likeness (QED) is 0.357. The van der Waals surface area contributed by atoms with Gasteiger partial charge in [0, 0.05) is 16.6 Å². The lowest BCUT2D eigenvalue weighted by Gasteiger charge is -2.25. The first kappa shape index (κ1) is 20.7. The minimum absolute atomic E-state index is 0.0304. The summed E-state index contributed by atoms with van der Waals surface area (Å²) in [7, 11) is 2.99. The van der Waals surface area contributed by atoms with Crippen molar-refractivity contribution in [1.82, 2.24) is 0 Å². The molecule has 0 bridgehead atoms. The van der Waals surface area contributed by atoms with Gasteiger partial charge in [0.1, 0.15) is 23.3 Å². The Morgan fingerprint density at radius 1 is 1.03 bits per heavy atom. The molecular formula is C24H21NO5S. The van der Waals surface area contributed by atoms with Crippen LogP contribution in [0, 0.1) is 6.92 Å². The van der Waals surface area contributed by atoms with Gasteiger partial charge in [0.15, 0.2) is 0 Å². The first-order valence-electron chi connectivity index (χ1n) is 9.60. The van der Waals surface area contributed by atoms with Crippen molar-refractivity contribution in [3.63, 3.8) is 0 Å². The van der Waals surface area contributed by atoms with Gasteiger partial charge in [-0.2, -0.15) is 0 Å². The van der Waals surface area contributed by atoms with Crippen LogP contribution in [0.3, 0.4) is 0 Å². The molecule has 1 aliphatic heterocycles. The summed E-state index contributed by atoms with van der Waals surface area (Å²) in [5.74, 6) is -0.822. The van der Waals surface area contributed by atoms with E-state index in [1.807, 2.05) is 24.4 Å². The molecule has 0 saturated carbocycles. The van der Waals surface area contributed by atoms with Crippen molar-refractivity contribution < 1.29 is 24.2 Å². The van der Waals surface area contributed by atoms with Gasteiger partial charge in [-0.1, -0.05) is 18.2 Å². The van der Waals surface area contributed by atoms with Crippen molar-refractivity contribution in [2.75, 3.05) is 19.1 Å². The molecule has 1 amide bonds. The maximum absolute atomic E-state index is 13.2. The number of nitrogens with zero attached hydrogens (tertiary/aromatic N) is 1. The lowest BCUT2D eigenvalue weighted by Crippen LogP contribution is -2.29. The van der Waals surface area contributed by atoms with Gasteiger partial charge in [0.25, 0.3) is 11.7 Å². The van der Waals surface area contributed by atoms with Crippen molar-refractivity contribution in [2.45, 2.75) is 13.0 Å². The number of ketones is 1. The van der Waals surface area contributed by atoms with E-state index in [2.05, 4.69) is 0 Å². The number of Topliss-reactive ketones (excluding diaryl/α,β-unsaturated/α-hetero) is 1. The zero-order valence-electron chi connectivity index (χ0n) is 17.3. The molecule has 1 unspecified atom stereocenters. The SMILES string of the molecule is COc1ccc(/C(O)=C2\C(=O)C(=O)N(c3ccccc3)C2c2sccc2C)c(OC)c1. The molecule has 4 rings (SSSR count). The van der Waals surface area contributed by atoms with E-state index in [9.17, 15) is 14.7 Å². The standard InChI is InChI=1S/C24H21NO5S/c1-14-11-12-31-23(14)20-19(21(26)17-10-9-16(29-2)13-18(17)30-3)22(27)24(28)25(20)15-7-5-4-6-8-15/h4-13,20,26H,1-3H3/b21-19+. The number of thiophene rings is 1. The summed E-state index contributed by atoms with van der Waals surface area (Å²) in [6.07, 6.45) is 0. The van der Waals surface area contributed by atoms with Crippen LogP contribution in [0.15, 0.2) is 65.6 Å². The van der Waals surface area contributed by atoms with Crippen molar-refractivity contribution >= 4 is 34.5 Å². The highest BCUT2D eigenvalue weighted by Gasteiger charge is 2.48. The number of rotatable bonds is 5. The minimum atomic E-state index is -0.741. The average molecular weight is 436 g/mol. The molecule has 1 aromatic heterocycles. The van der Waals surface area contributed by atoms with Crippen LogP contribution < -0.4 is 14.4 Å². The molecule has 7 heteroatoms. The fourth-order valence-corrected chi connectivity index (χ4v) is 4.76. The predicted octanol–water partition coefficient (Wildman–Crippen LogP) is 4.70. The van der Waals surface area contributed by atoms with Crippen LogP contribution in [-0.4, -0.2) is 31.0 Å². The molecule has 0 radical (unpaired) electrons. The number of benzene rings is 2. The number of ether oxygens (including phenoxy) is 2. The molecule has 2 heterocycles. The van der Waals surface area contributed by atoms with Crippen molar-refractivity contribution in [3.8, 4) is 11.5 Å². The third kappa shape index (κ3) is 3.47. The van der Waals surface area contributed by atoms with Crippen molar-refractivity contribution in [3.05, 3.63) is 81.6 Å². The molecule has 1 atom stereocenters. The second-order valence-electron chi connectivity index (χ2n) is 7.04. The lowest BCUT2D eigenvalue weighted by molar-refractivity contribution is -0.132. The molecule has 0 aliphatic carbocycles. The Hall–Kier alpha value is -3.58. The van der Waals surface area contributed by atoms with Crippen LogP contribution in [0.4, 0.5) is 5.69 Å². The molecule has 3 aromatic rings. The van der Waals surface area contributed by atoms with Crippen LogP contribution in [0.2, 0.25) is 0 Å². The van der Waals surface area contributed by atoms with E-state index in [0.29, 0.717) is 22.7 Å². The number of hydrogen-bond acceptors (Lipinski definition) is 6. The number of anilines is 1. The Bertz CT molecular complexity index is 1180. The van der Waals surface area contributed by atoms with E-state index in [1.165, 1.54) is 30.5 Å². The molecule has 0 spiro atoms. The van der Waals surface area contributed by atoms with Crippen LogP contribution in [0.5, 0.6) is 11.5 Å². The van der Waals surface area contributed by atoms with Gasteiger partial charge >= 0.3 is 0 Å². The highest BCUT2D eigenvalue weighted by molar-refractivity contribution is 7.10. The van der Waals surface area contributed by atoms with Gasteiger partial charge in [0.2, 0.25) is 0 Å². The van der Waals surface area contributed by atoms with E-state index >= 15 is 0 Å². The van der Waals surface area contributed by atoms with E-state index in [4.69, 9.17) is 9.47 Å². The zero-order chi connectivity index (χ0) is 22.1. The highest BCUT2D eigenvalue weighted by Crippen LogP contribution is 2.45. The Morgan fingerprint density at radius 2 is 1.77 bits per heavy atom. The molecule has 158 valence electrons. The number of aryl methyl sites for hydroxylation is 1. The summed E-state index contributed by atoms with van der Waals surface area (Å²) in [6.45, 7) is 1.92. The maximum atomic E-state index is 13.2. The van der Waals surface area contributed by atoms with Crippen LogP contribution in [0.25, 0.3) is 5.76 Å². The van der Waals surface area contributed by atoms with Gasteiger partial charge in [-0.15, -0.1) is 11.3 Å². The summed E-state index contributed by atoms with van der Waals surface area (Å²) in [5, 5.41) is 13.2. The Balaban J connectivity index is 1.96. The maximum Gasteiger partial charge on any atom is 0.300 e. The minimum Gasteiger partial charge on any atom is -0.507 e. The lowest BCUT2D eigenvalue weighted by atomic mass is 9.97. The number of carbonyl (C=O) groups is 2. The molecule has 2 aromatic carbocycles. The first-order chi connectivity index (χ1) is 15.0. The molecule has 6 nitrogen and oxygen atoms in total. The molecule has 1 saturated heterocycles. The molecular weight excluding hydrogens is 414 g/mol. The number of amides is 1. The summed E-state index contributed by atoms with van der Waals surface area (Å²) >= 11 is 1.44. The van der Waals surface area contributed by atoms with Crippen LogP contribution >= 0.6 is 11.3 Å². The topological polar surface area (TPSA) is 76.1 Å². The molecule has 31 heavy (non-hydrogen) atoms. The molecule has 1 aliphatic rings. The second-order valence-corrected chi connectivity index (χ2v) is 7.99. The number of para-hydroxylation sites is 1. The number of aliphatic hydroxyl groups is 1. The first-order valence-corrected chi connectivity index (χ1v) is 10.5. The average Bonchev–Trinajstić information content (AvgIpc) is 3.33. The second kappa shape index (κ2) is 8.28. The monoisotopic (exact) mass is 435 g/mol. The Kier molecular flexibility index (Phi) is 5.52. The summed E-state index contributed by atoms with van der Waals surface area (Å²) in [4.78, 5) is 28.5. The van der Waals surface area contributed by atoms with Gasteiger partial charge in [0.05, 0.1) is 25.4 Å².